The fraction of sp³-hybridized carbons (Fsp3) is 0.500. The zero-order valence-corrected chi connectivity index (χ0v) is 15.7. The van der Waals surface area contributed by atoms with Crippen molar-refractivity contribution in [1.29, 1.82) is 0 Å². The van der Waals surface area contributed by atoms with Crippen LogP contribution >= 0.6 is 0 Å². The number of aromatic nitrogens is 4. The lowest BCUT2D eigenvalue weighted by atomic mass is 10.1. The molecule has 0 spiro atoms. The lowest BCUT2D eigenvalue weighted by molar-refractivity contribution is 0.0358. The van der Waals surface area contributed by atoms with Gasteiger partial charge in [0, 0.05) is 30.9 Å². The van der Waals surface area contributed by atoms with Crippen molar-refractivity contribution >= 4 is 10.8 Å². The van der Waals surface area contributed by atoms with Gasteiger partial charge in [0.15, 0.2) is 0 Å². The predicted molar refractivity (Wildman–Crippen MR) is 102 cm³/mol. The molecular weight excluding hydrogens is 358 g/mol. The van der Waals surface area contributed by atoms with E-state index in [1.165, 1.54) is 0 Å². The fourth-order valence-electron chi connectivity index (χ4n) is 3.62. The summed E-state index contributed by atoms with van der Waals surface area (Å²) in [5.41, 5.74) is 0.736. The number of hydrogen-bond donors (Lipinski definition) is 0. The predicted octanol–water partition coefficient (Wildman–Crippen LogP) is 1.58. The summed E-state index contributed by atoms with van der Waals surface area (Å²) in [6.07, 6.45) is 2.67. The minimum atomic E-state index is -0.0585. The molecule has 1 saturated heterocycles. The van der Waals surface area contributed by atoms with Gasteiger partial charge in [-0.15, -0.1) is 10.2 Å². The number of ether oxygens (including phenoxy) is 1. The molecule has 1 aromatic carbocycles. The highest BCUT2D eigenvalue weighted by Gasteiger charge is 2.29. The molecule has 146 valence electrons. The van der Waals surface area contributed by atoms with Gasteiger partial charge in [-0.2, -0.15) is 5.10 Å². The molecule has 28 heavy (non-hydrogen) atoms. The van der Waals surface area contributed by atoms with Crippen molar-refractivity contribution in [2.24, 2.45) is 0 Å². The zero-order valence-electron chi connectivity index (χ0n) is 15.7. The van der Waals surface area contributed by atoms with Crippen LogP contribution in [-0.2, 0) is 17.7 Å². The van der Waals surface area contributed by atoms with Crippen molar-refractivity contribution in [2.45, 2.75) is 31.7 Å². The van der Waals surface area contributed by atoms with Crippen LogP contribution in [0.3, 0.4) is 0 Å². The highest BCUT2D eigenvalue weighted by molar-refractivity contribution is 5.83. The molecule has 3 aromatic rings. The Kier molecular flexibility index (Phi) is 4.66. The van der Waals surface area contributed by atoms with Crippen LogP contribution in [-0.4, -0.2) is 57.7 Å². The van der Waals surface area contributed by atoms with Crippen LogP contribution < -0.4 is 5.56 Å². The maximum atomic E-state index is 12.9. The van der Waals surface area contributed by atoms with Crippen LogP contribution in [0, 0.1) is 0 Å². The normalized spacial score (nSPS) is 18.0. The van der Waals surface area contributed by atoms with Crippen molar-refractivity contribution in [3.63, 3.8) is 0 Å². The quantitative estimate of drug-likeness (QED) is 0.641. The van der Waals surface area contributed by atoms with Gasteiger partial charge in [-0.3, -0.25) is 9.69 Å². The zero-order chi connectivity index (χ0) is 18.9. The number of rotatable bonds is 6. The third kappa shape index (κ3) is 3.57. The molecule has 2 fully saturated rings. The van der Waals surface area contributed by atoms with Gasteiger partial charge in [0.1, 0.15) is 0 Å². The summed E-state index contributed by atoms with van der Waals surface area (Å²) in [5, 5.41) is 14.5. The van der Waals surface area contributed by atoms with E-state index in [9.17, 15) is 4.79 Å². The lowest BCUT2D eigenvalue weighted by Crippen LogP contribution is -2.39. The first-order chi connectivity index (χ1) is 13.8. The van der Waals surface area contributed by atoms with Crippen molar-refractivity contribution in [3.8, 4) is 0 Å². The molecule has 0 atom stereocenters. The van der Waals surface area contributed by atoms with Gasteiger partial charge >= 0.3 is 0 Å². The standard InChI is InChI=1S/C20H23N5O3/c26-20-16-4-2-1-3-15(16)17(13-18-21-22-19(28-18)14-5-6-14)23-25(20)8-7-24-9-11-27-12-10-24/h1-4,14H,5-13H2. The van der Waals surface area contributed by atoms with Gasteiger partial charge < -0.3 is 9.15 Å². The highest BCUT2D eigenvalue weighted by Crippen LogP contribution is 2.39. The summed E-state index contributed by atoms with van der Waals surface area (Å²) >= 11 is 0. The molecule has 2 aliphatic rings. The van der Waals surface area contributed by atoms with Crippen LogP contribution in [0.5, 0.6) is 0 Å². The Balaban J connectivity index is 1.44. The van der Waals surface area contributed by atoms with E-state index >= 15 is 0 Å². The Morgan fingerprint density at radius 1 is 1.04 bits per heavy atom. The average Bonchev–Trinajstić information content (AvgIpc) is 3.49. The third-order valence-corrected chi connectivity index (χ3v) is 5.40. The van der Waals surface area contributed by atoms with Crippen LogP contribution in [0.15, 0.2) is 33.5 Å². The maximum absolute atomic E-state index is 12.9. The number of hydrogen-bond acceptors (Lipinski definition) is 7. The number of fused-ring (bicyclic) bond motifs is 1. The van der Waals surface area contributed by atoms with Crippen LogP contribution in [0.2, 0.25) is 0 Å². The van der Waals surface area contributed by atoms with E-state index in [-0.39, 0.29) is 5.56 Å². The maximum Gasteiger partial charge on any atom is 0.274 e. The van der Waals surface area contributed by atoms with Crippen molar-refractivity contribution < 1.29 is 9.15 Å². The minimum Gasteiger partial charge on any atom is -0.425 e. The minimum absolute atomic E-state index is 0.0585. The third-order valence-electron chi connectivity index (χ3n) is 5.40. The van der Waals surface area contributed by atoms with E-state index in [0.29, 0.717) is 30.2 Å². The van der Waals surface area contributed by atoms with Crippen molar-refractivity contribution in [2.75, 3.05) is 32.8 Å². The Hall–Kier alpha value is -2.58. The molecule has 8 heteroatoms. The monoisotopic (exact) mass is 381 g/mol. The second-order valence-electron chi connectivity index (χ2n) is 7.46. The molecule has 2 aromatic heterocycles. The van der Waals surface area contributed by atoms with E-state index in [4.69, 9.17) is 9.15 Å². The van der Waals surface area contributed by atoms with Gasteiger partial charge in [0.2, 0.25) is 11.8 Å². The average molecular weight is 381 g/mol. The largest absolute Gasteiger partial charge is 0.425 e. The van der Waals surface area contributed by atoms with Gasteiger partial charge in [0.05, 0.1) is 37.3 Å². The van der Waals surface area contributed by atoms with E-state index < -0.39 is 0 Å². The van der Waals surface area contributed by atoms with Gasteiger partial charge in [-0.05, 0) is 18.9 Å². The summed E-state index contributed by atoms with van der Waals surface area (Å²) in [5.74, 6) is 1.70. The highest BCUT2D eigenvalue weighted by atomic mass is 16.5. The van der Waals surface area contributed by atoms with Crippen molar-refractivity contribution in [3.05, 3.63) is 52.1 Å². The van der Waals surface area contributed by atoms with Crippen LogP contribution in [0.1, 0.15) is 36.2 Å². The van der Waals surface area contributed by atoms with Gasteiger partial charge in [-0.1, -0.05) is 18.2 Å². The summed E-state index contributed by atoms with van der Waals surface area (Å²) in [7, 11) is 0. The molecule has 0 bridgehead atoms. The molecule has 3 heterocycles. The molecule has 1 saturated carbocycles. The second-order valence-corrected chi connectivity index (χ2v) is 7.46. The Bertz CT molecular complexity index is 1030. The number of nitrogens with zero attached hydrogens (tertiary/aromatic N) is 5. The summed E-state index contributed by atoms with van der Waals surface area (Å²) < 4.78 is 12.8. The molecular formula is C20H23N5O3. The summed E-state index contributed by atoms with van der Waals surface area (Å²) in [4.78, 5) is 15.2. The topological polar surface area (TPSA) is 86.3 Å². The molecule has 1 aliphatic heterocycles. The number of morpholine rings is 1. The summed E-state index contributed by atoms with van der Waals surface area (Å²) in [6.45, 7) is 4.59. The molecule has 8 nitrogen and oxygen atoms in total. The molecule has 0 unspecified atom stereocenters. The Morgan fingerprint density at radius 3 is 2.61 bits per heavy atom. The van der Waals surface area contributed by atoms with E-state index in [1.807, 2.05) is 24.3 Å². The molecule has 0 amide bonds. The summed E-state index contributed by atoms with van der Waals surface area (Å²) in [6, 6.07) is 7.60. The van der Waals surface area contributed by atoms with E-state index in [2.05, 4.69) is 20.2 Å². The molecule has 5 rings (SSSR count). The van der Waals surface area contributed by atoms with Gasteiger partial charge in [0.25, 0.3) is 5.56 Å². The Morgan fingerprint density at radius 2 is 1.82 bits per heavy atom. The SMILES string of the molecule is O=c1c2ccccc2c(Cc2nnc(C3CC3)o2)nn1CCN1CCOCC1. The first-order valence-corrected chi connectivity index (χ1v) is 9.89. The van der Waals surface area contributed by atoms with Crippen molar-refractivity contribution in [1.82, 2.24) is 24.9 Å². The van der Waals surface area contributed by atoms with Crippen LogP contribution in [0.4, 0.5) is 0 Å². The fourth-order valence-corrected chi connectivity index (χ4v) is 3.62. The second kappa shape index (κ2) is 7.44. The molecule has 1 aliphatic carbocycles. The molecule has 0 radical (unpaired) electrons. The van der Waals surface area contributed by atoms with E-state index in [0.717, 1.165) is 62.7 Å². The van der Waals surface area contributed by atoms with E-state index in [1.54, 1.807) is 4.68 Å². The molecule has 0 N–H and O–H groups in total. The Labute approximate surface area is 162 Å². The van der Waals surface area contributed by atoms with Crippen LogP contribution in [0.25, 0.3) is 10.8 Å². The number of benzene rings is 1. The first kappa shape index (κ1) is 17.5. The smallest absolute Gasteiger partial charge is 0.274 e. The lowest BCUT2D eigenvalue weighted by Gasteiger charge is -2.26. The van der Waals surface area contributed by atoms with Gasteiger partial charge in [-0.25, -0.2) is 4.68 Å². The first-order valence-electron chi connectivity index (χ1n) is 9.89.